The fraction of sp³-hybridized carbons (Fsp3) is 0.462. The molecule has 0 radical (unpaired) electrons. The van der Waals surface area contributed by atoms with Crippen molar-refractivity contribution in [1.82, 2.24) is 5.32 Å². The molecule has 0 saturated heterocycles. The van der Waals surface area contributed by atoms with Gasteiger partial charge in [-0.3, -0.25) is 4.79 Å². The Bertz CT molecular complexity index is 404. The van der Waals surface area contributed by atoms with Crippen molar-refractivity contribution in [3.8, 4) is 0 Å². The van der Waals surface area contributed by atoms with Crippen molar-refractivity contribution in [1.29, 1.82) is 0 Å². The summed E-state index contributed by atoms with van der Waals surface area (Å²) in [5.41, 5.74) is 6.83. The molecule has 1 unspecified atom stereocenters. The van der Waals surface area contributed by atoms with Crippen LogP contribution in [-0.2, 0) is 11.2 Å². The molecule has 3 nitrogen and oxygen atoms in total. The van der Waals surface area contributed by atoms with Crippen molar-refractivity contribution in [2.45, 2.75) is 25.3 Å². The van der Waals surface area contributed by atoms with Gasteiger partial charge in [0.2, 0.25) is 5.91 Å². The van der Waals surface area contributed by atoms with Crippen LogP contribution in [0.15, 0.2) is 24.3 Å². The number of carbonyl (C=O) groups is 1. The number of benzene rings is 1. The van der Waals surface area contributed by atoms with Crippen molar-refractivity contribution < 1.29 is 4.79 Å². The van der Waals surface area contributed by atoms with E-state index < -0.39 is 0 Å². The molecule has 0 aliphatic heterocycles. The summed E-state index contributed by atoms with van der Waals surface area (Å²) in [6.07, 6.45) is 2.76. The Balaban J connectivity index is 1.76. The predicted molar refractivity (Wildman–Crippen MR) is 68.9 cm³/mol. The summed E-state index contributed by atoms with van der Waals surface area (Å²) in [6.45, 7) is 0.573. The van der Waals surface area contributed by atoms with Crippen LogP contribution in [0.2, 0.25) is 5.02 Å². The van der Waals surface area contributed by atoms with Gasteiger partial charge in [-0.15, -0.1) is 0 Å². The normalized spacial score (nSPS) is 16.6. The van der Waals surface area contributed by atoms with Gasteiger partial charge in [0, 0.05) is 17.6 Å². The molecule has 1 aliphatic rings. The third kappa shape index (κ3) is 4.02. The molecule has 1 saturated carbocycles. The monoisotopic (exact) mass is 252 g/mol. The number of nitrogens with two attached hydrogens (primary N) is 1. The van der Waals surface area contributed by atoms with E-state index in [2.05, 4.69) is 5.32 Å². The van der Waals surface area contributed by atoms with Gasteiger partial charge < -0.3 is 11.1 Å². The summed E-state index contributed by atoms with van der Waals surface area (Å²) >= 11 is 5.85. The number of halogens is 1. The molecular formula is C13H17ClN2O. The van der Waals surface area contributed by atoms with Crippen LogP contribution in [0.4, 0.5) is 0 Å². The quantitative estimate of drug-likeness (QED) is 0.839. The maximum absolute atomic E-state index is 11.7. The van der Waals surface area contributed by atoms with Crippen LogP contribution in [0.5, 0.6) is 0 Å². The molecule has 1 amide bonds. The van der Waals surface area contributed by atoms with E-state index in [0.717, 1.165) is 5.56 Å². The second-order valence-electron chi connectivity index (χ2n) is 4.61. The number of hydrogen-bond acceptors (Lipinski definition) is 2. The SMILES string of the molecule is NC(CNC(=O)Cc1cccc(Cl)c1)C1CC1. The van der Waals surface area contributed by atoms with E-state index in [1.165, 1.54) is 12.8 Å². The maximum atomic E-state index is 11.7. The molecule has 1 fully saturated rings. The summed E-state index contributed by atoms with van der Waals surface area (Å²) in [5, 5.41) is 3.52. The minimum atomic E-state index is 0.00312. The first-order valence-electron chi connectivity index (χ1n) is 5.92. The molecule has 0 bridgehead atoms. The fourth-order valence-corrected chi connectivity index (χ4v) is 2.03. The summed E-state index contributed by atoms with van der Waals surface area (Å²) in [6, 6.07) is 7.46. The summed E-state index contributed by atoms with van der Waals surface area (Å²) in [4.78, 5) is 11.7. The zero-order valence-corrected chi connectivity index (χ0v) is 10.4. The largest absolute Gasteiger partial charge is 0.354 e. The van der Waals surface area contributed by atoms with E-state index in [4.69, 9.17) is 17.3 Å². The van der Waals surface area contributed by atoms with E-state index >= 15 is 0 Å². The lowest BCUT2D eigenvalue weighted by Gasteiger charge is -2.11. The van der Waals surface area contributed by atoms with Crippen LogP contribution in [-0.4, -0.2) is 18.5 Å². The molecular weight excluding hydrogens is 236 g/mol. The van der Waals surface area contributed by atoms with Crippen molar-refractivity contribution in [2.24, 2.45) is 11.7 Å². The second-order valence-corrected chi connectivity index (χ2v) is 5.05. The molecule has 3 N–H and O–H groups in total. The topological polar surface area (TPSA) is 55.1 Å². The first-order chi connectivity index (χ1) is 8.15. The van der Waals surface area contributed by atoms with Crippen LogP contribution in [0.25, 0.3) is 0 Å². The highest BCUT2D eigenvalue weighted by atomic mass is 35.5. The Morgan fingerprint density at radius 2 is 2.29 bits per heavy atom. The van der Waals surface area contributed by atoms with Crippen molar-refractivity contribution >= 4 is 17.5 Å². The van der Waals surface area contributed by atoms with Crippen LogP contribution in [0.3, 0.4) is 0 Å². The molecule has 0 heterocycles. The lowest BCUT2D eigenvalue weighted by molar-refractivity contribution is -0.120. The van der Waals surface area contributed by atoms with Crippen LogP contribution >= 0.6 is 11.6 Å². The highest BCUT2D eigenvalue weighted by molar-refractivity contribution is 6.30. The average Bonchev–Trinajstić information content (AvgIpc) is 3.09. The lowest BCUT2D eigenvalue weighted by Crippen LogP contribution is -2.39. The van der Waals surface area contributed by atoms with E-state index in [-0.39, 0.29) is 11.9 Å². The van der Waals surface area contributed by atoms with Gasteiger partial charge in [-0.05, 0) is 36.5 Å². The number of carbonyl (C=O) groups excluding carboxylic acids is 1. The van der Waals surface area contributed by atoms with Gasteiger partial charge in [-0.2, -0.15) is 0 Å². The Hall–Kier alpha value is -1.06. The first kappa shape index (κ1) is 12.4. The molecule has 17 heavy (non-hydrogen) atoms. The Labute approximate surface area is 106 Å². The molecule has 1 atom stereocenters. The predicted octanol–water partition coefficient (Wildman–Crippen LogP) is 1.74. The summed E-state index contributed by atoms with van der Waals surface area (Å²) < 4.78 is 0. The average molecular weight is 253 g/mol. The Morgan fingerprint density at radius 3 is 2.94 bits per heavy atom. The van der Waals surface area contributed by atoms with E-state index in [0.29, 0.717) is 23.9 Å². The van der Waals surface area contributed by atoms with E-state index in [9.17, 15) is 4.79 Å². The Kier molecular flexibility index (Phi) is 4.02. The minimum Gasteiger partial charge on any atom is -0.354 e. The second kappa shape index (κ2) is 5.52. The maximum Gasteiger partial charge on any atom is 0.224 e. The molecule has 1 aromatic carbocycles. The van der Waals surface area contributed by atoms with Crippen molar-refractivity contribution in [3.05, 3.63) is 34.9 Å². The van der Waals surface area contributed by atoms with Gasteiger partial charge in [0.05, 0.1) is 6.42 Å². The third-order valence-electron chi connectivity index (χ3n) is 3.02. The minimum absolute atomic E-state index is 0.00312. The standard InChI is InChI=1S/C13H17ClN2O/c14-11-3-1-2-9(6-11)7-13(17)16-8-12(15)10-4-5-10/h1-3,6,10,12H,4-5,7-8,15H2,(H,16,17). The van der Waals surface area contributed by atoms with Crippen LogP contribution in [0.1, 0.15) is 18.4 Å². The molecule has 0 spiro atoms. The number of amides is 1. The Morgan fingerprint density at radius 1 is 1.53 bits per heavy atom. The zero-order chi connectivity index (χ0) is 12.3. The van der Waals surface area contributed by atoms with E-state index in [1.807, 2.05) is 18.2 Å². The van der Waals surface area contributed by atoms with Gasteiger partial charge >= 0.3 is 0 Å². The van der Waals surface area contributed by atoms with Gasteiger partial charge in [-0.25, -0.2) is 0 Å². The molecule has 4 heteroatoms. The highest BCUT2D eigenvalue weighted by Gasteiger charge is 2.28. The number of hydrogen-bond donors (Lipinski definition) is 2. The summed E-state index contributed by atoms with van der Waals surface area (Å²) in [5.74, 6) is 0.616. The van der Waals surface area contributed by atoms with Crippen molar-refractivity contribution in [3.63, 3.8) is 0 Å². The van der Waals surface area contributed by atoms with Crippen LogP contribution < -0.4 is 11.1 Å². The molecule has 2 rings (SSSR count). The van der Waals surface area contributed by atoms with Gasteiger partial charge in [0.25, 0.3) is 0 Å². The van der Waals surface area contributed by atoms with Crippen LogP contribution in [0, 0.1) is 5.92 Å². The zero-order valence-electron chi connectivity index (χ0n) is 9.66. The smallest absolute Gasteiger partial charge is 0.224 e. The van der Waals surface area contributed by atoms with E-state index in [1.54, 1.807) is 6.07 Å². The van der Waals surface area contributed by atoms with Crippen molar-refractivity contribution in [2.75, 3.05) is 6.54 Å². The number of nitrogens with one attached hydrogen (secondary N) is 1. The molecule has 92 valence electrons. The lowest BCUT2D eigenvalue weighted by atomic mass is 10.1. The highest BCUT2D eigenvalue weighted by Crippen LogP contribution is 2.31. The molecule has 1 aliphatic carbocycles. The summed E-state index contributed by atoms with van der Waals surface area (Å²) in [7, 11) is 0. The first-order valence-corrected chi connectivity index (χ1v) is 6.29. The molecule has 0 aromatic heterocycles. The number of rotatable bonds is 5. The molecule has 1 aromatic rings. The van der Waals surface area contributed by atoms with Gasteiger partial charge in [0.15, 0.2) is 0 Å². The fourth-order valence-electron chi connectivity index (χ4n) is 1.82. The van der Waals surface area contributed by atoms with Gasteiger partial charge in [-0.1, -0.05) is 23.7 Å². The van der Waals surface area contributed by atoms with Gasteiger partial charge in [0.1, 0.15) is 0 Å². The third-order valence-corrected chi connectivity index (χ3v) is 3.25.